The fraction of sp³-hybridized carbons (Fsp3) is 0.333. The molecule has 1 fully saturated rings. The number of pyridine rings is 1. The van der Waals surface area contributed by atoms with Crippen LogP contribution in [0, 0.1) is 10.1 Å². The van der Waals surface area contributed by atoms with Crippen molar-refractivity contribution in [3.8, 4) is 5.75 Å². The molecule has 0 bridgehead atoms. The summed E-state index contributed by atoms with van der Waals surface area (Å²) < 4.78 is 5.23. The minimum Gasteiger partial charge on any atom is -0.487 e. The maximum atomic E-state index is 12.4. The van der Waals surface area contributed by atoms with Crippen LogP contribution >= 0.6 is 0 Å². The molecule has 0 spiro atoms. The Hall–Kier alpha value is -3.16. The summed E-state index contributed by atoms with van der Waals surface area (Å²) in [4.78, 5) is 29.6. The van der Waals surface area contributed by atoms with Gasteiger partial charge in [-0.2, -0.15) is 0 Å². The number of amides is 1. The number of hydrogen-bond acceptors (Lipinski definition) is 6. The second kappa shape index (κ2) is 7.81. The van der Waals surface area contributed by atoms with Gasteiger partial charge in [0.2, 0.25) is 0 Å². The number of carbonyl (C=O) groups excluding carboxylic acids is 1. The van der Waals surface area contributed by atoms with Crippen LogP contribution in [0.3, 0.4) is 0 Å². The lowest BCUT2D eigenvalue weighted by Gasteiger charge is -2.16. The Labute approximate surface area is 150 Å². The minimum atomic E-state index is -0.561. The second-order valence-corrected chi connectivity index (χ2v) is 5.93. The van der Waals surface area contributed by atoms with Gasteiger partial charge < -0.3 is 15.0 Å². The maximum absolute atomic E-state index is 12.4. The van der Waals surface area contributed by atoms with Gasteiger partial charge in [0, 0.05) is 24.7 Å². The van der Waals surface area contributed by atoms with Gasteiger partial charge in [-0.05, 0) is 44.0 Å². The zero-order valence-electron chi connectivity index (χ0n) is 14.5. The fourth-order valence-corrected chi connectivity index (χ4v) is 2.88. The van der Waals surface area contributed by atoms with Crippen molar-refractivity contribution in [2.24, 2.45) is 0 Å². The molecular weight excluding hydrogens is 336 g/mol. The molecule has 136 valence electrons. The standard InChI is InChI=1S/C18H20N4O4/c1-2-26-16-7-5-13(11-15(16)22(24)25)18(23)20-14-6-8-17(19-12-14)21-9-3-4-10-21/h5-8,11-12H,2-4,9-10H2,1H3,(H,20,23). The molecule has 8 nitrogen and oxygen atoms in total. The van der Waals surface area contributed by atoms with Crippen molar-refractivity contribution in [1.29, 1.82) is 0 Å². The van der Waals surface area contributed by atoms with Crippen LogP contribution in [0.25, 0.3) is 0 Å². The van der Waals surface area contributed by atoms with Gasteiger partial charge in [-0.3, -0.25) is 14.9 Å². The summed E-state index contributed by atoms with van der Waals surface area (Å²) in [5, 5.41) is 13.9. The van der Waals surface area contributed by atoms with E-state index in [9.17, 15) is 14.9 Å². The Morgan fingerprint density at radius 3 is 2.69 bits per heavy atom. The van der Waals surface area contributed by atoms with Crippen molar-refractivity contribution in [3.05, 3.63) is 52.2 Å². The third-order valence-electron chi connectivity index (χ3n) is 4.15. The van der Waals surface area contributed by atoms with Crippen molar-refractivity contribution in [3.63, 3.8) is 0 Å². The van der Waals surface area contributed by atoms with Crippen molar-refractivity contribution in [1.82, 2.24) is 4.98 Å². The average Bonchev–Trinajstić information content (AvgIpc) is 3.17. The normalized spacial score (nSPS) is 13.5. The highest BCUT2D eigenvalue weighted by Gasteiger charge is 2.19. The van der Waals surface area contributed by atoms with Crippen LogP contribution in [-0.4, -0.2) is 35.5 Å². The van der Waals surface area contributed by atoms with Crippen LogP contribution in [0.2, 0.25) is 0 Å². The molecule has 0 saturated carbocycles. The van der Waals surface area contributed by atoms with Crippen molar-refractivity contribution >= 4 is 23.1 Å². The molecule has 1 aromatic carbocycles. The molecule has 1 aliphatic rings. The Bertz CT molecular complexity index is 801. The summed E-state index contributed by atoms with van der Waals surface area (Å²) in [6, 6.07) is 7.79. The molecule has 0 radical (unpaired) electrons. The Morgan fingerprint density at radius 2 is 2.08 bits per heavy atom. The molecule has 2 aromatic rings. The predicted octanol–water partition coefficient (Wildman–Crippen LogP) is 3.24. The zero-order chi connectivity index (χ0) is 18.5. The van der Waals surface area contributed by atoms with Crippen LogP contribution < -0.4 is 15.0 Å². The van der Waals surface area contributed by atoms with E-state index in [1.165, 1.54) is 18.2 Å². The number of anilines is 2. The number of hydrogen-bond donors (Lipinski definition) is 1. The smallest absolute Gasteiger partial charge is 0.311 e. The Kier molecular flexibility index (Phi) is 5.31. The number of nitro benzene ring substituents is 1. The lowest BCUT2D eigenvalue weighted by atomic mass is 10.1. The lowest BCUT2D eigenvalue weighted by molar-refractivity contribution is -0.385. The zero-order valence-corrected chi connectivity index (χ0v) is 14.5. The molecule has 1 N–H and O–H groups in total. The molecule has 1 aromatic heterocycles. The van der Waals surface area contributed by atoms with Crippen LogP contribution in [-0.2, 0) is 0 Å². The predicted molar refractivity (Wildman–Crippen MR) is 97.9 cm³/mol. The monoisotopic (exact) mass is 356 g/mol. The van der Waals surface area contributed by atoms with E-state index in [2.05, 4.69) is 15.2 Å². The fourth-order valence-electron chi connectivity index (χ4n) is 2.88. The van der Waals surface area contributed by atoms with E-state index >= 15 is 0 Å². The summed E-state index contributed by atoms with van der Waals surface area (Å²) in [6.45, 7) is 4.04. The summed E-state index contributed by atoms with van der Waals surface area (Å²) in [5.41, 5.74) is 0.486. The van der Waals surface area contributed by atoms with Crippen molar-refractivity contribution in [2.45, 2.75) is 19.8 Å². The van der Waals surface area contributed by atoms with E-state index in [-0.39, 0.29) is 17.0 Å². The molecular formula is C18H20N4O4. The molecule has 8 heteroatoms. The van der Waals surface area contributed by atoms with Gasteiger partial charge in [-0.15, -0.1) is 0 Å². The minimum absolute atomic E-state index is 0.144. The molecule has 2 heterocycles. The van der Waals surface area contributed by atoms with E-state index in [1.54, 1.807) is 19.2 Å². The van der Waals surface area contributed by atoms with E-state index < -0.39 is 10.8 Å². The van der Waals surface area contributed by atoms with E-state index in [0.717, 1.165) is 31.7 Å². The number of nitro groups is 1. The quantitative estimate of drug-likeness (QED) is 0.630. The second-order valence-electron chi connectivity index (χ2n) is 5.93. The highest BCUT2D eigenvalue weighted by molar-refractivity contribution is 6.04. The number of benzene rings is 1. The van der Waals surface area contributed by atoms with Crippen LogP contribution in [0.4, 0.5) is 17.2 Å². The van der Waals surface area contributed by atoms with Gasteiger partial charge in [-0.25, -0.2) is 4.98 Å². The lowest BCUT2D eigenvalue weighted by Crippen LogP contribution is -2.19. The maximum Gasteiger partial charge on any atom is 0.311 e. The van der Waals surface area contributed by atoms with Crippen molar-refractivity contribution < 1.29 is 14.5 Å². The summed E-state index contributed by atoms with van der Waals surface area (Å²) in [7, 11) is 0. The largest absolute Gasteiger partial charge is 0.487 e. The summed E-state index contributed by atoms with van der Waals surface area (Å²) >= 11 is 0. The number of carbonyl (C=O) groups is 1. The summed E-state index contributed by atoms with van der Waals surface area (Å²) in [5.74, 6) is 0.592. The third-order valence-corrected chi connectivity index (χ3v) is 4.15. The van der Waals surface area contributed by atoms with Gasteiger partial charge in [-0.1, -0.05) is 0 Å². The number of ether oxygens (including phenoxy) is 1. The van der Waals surface area contributed by atoms with Gasteiger partial charge >= 0.3 is 5.69 Å². The van der Waals surface area contributed by atoms with Gasteiger partial charge in [0.15, 0.2) is 5.75 Å². The summed E-state index contributed by atoms with van der Waals surface area (Å²) in [6.07, 6.45) is 3.92. The highest BCUT2D eigenvalue weighted by atomic mass is 16.6. The molecule has 0 aliphatic carbocycles. The van der Waals surface area contributed by atoms with E-state index in [0.29, 0.717) is 12.3 Å². The topological polar surface area (TPSA) is 97.6 Å². The molecule has 1 amide bonds. The van der Waals surface area contributed by atoms with Crippen LogP contribution in [0.5, 0.6) is 5.75 Å². The highest BCUT2D eigenvalue weighted by Crippen LogP contribution is 2.28. The number of nitrogens with one attached hydrogen (secondary N) is 1. The van der Waals surface area contributed by atoms with E-state index in [1.807, 2.05) is 6.07 Å². The Morgan fingerprint density at radius 1 is 1.31 bits per heavy atom. The third kappa shape index (κ3) is 3.90. The van der Waals surface area contributed by atoms with Gasteiger partial charge in [0.05, 0.1) is 23.4 Å². The molecule has 1 saturated heterocycles. The first-order valence-electron chi connectivity index (χ1n) is 8.52. The van der Waals surface area contributed by atoms with Gasteiger partial charge in [0.1, 0.15) is 5.82 Å². The van der Waals surface area contributed by atoms with Crippen molar-refractivity contribution in [2.75, 3.05) is 29.9 Å². The molecule has 0 unspecified atom stereocenters. The van der Waals surface area contributed by atoms with Crippen LogP contribution in [0.1, 0.15) is 30.1 Å². The number of nitrogens with zero attached hydrogens (tertiary/aromatic N) is 3. The molecule has 26 heavy (non-hydrogen) atoms. The first-order valence-corrected chi connectivity index (χ1v) is 8.52. The number of rotatable bonds is 6. The first kappa shape index (κ1) is 17.7. The molecule has 3 rings (SSSR count). The average molecular weight is 356 g/mol. The Balaban J connectivity index is 1.73. The van der Waals surface area contributed by atoms with E-state index in [4.69, 9.17) is 4.74 Å². The molecule has 0 atom stereocenters. The number of aromatic nitrogens is 1. The van der Waals surface area contributed by atoms with Gasteiger partial charge in [0.25, 0.3) is 5.91 Å². The first-order chi connectivity index (χ1) is 12.6. The SMILES string of the molecule is CCOc1ccc(C(=O)Nc2ccc(N3CCCC3)nc2)cc1[N+](=O)[O-]. The molecule has 1 aliphatic heterocycles. The van der Waals surface area contributed by atoms with Crippen LogP contribution in [0.15, 0.2) is 36.5 Å².